The SMILES string of the molecule is O=C(Nc1nc(C2CC2)no1)c1ccc(Cl)o1. The number of aromatic nitrogens is 2. The van der Waals surface area contributed by atoms with Gasteiger partial charge in [-0.3, -0.25) is 10.1 Å². The van der Waals surface area contributed by atoms with Gasteiger partial charge in [0.25, 0.3) is 5.91 Å². The van der Waals surface area contributed by atoms with Crippen LogP contribution in [0.25, 0.3) is 0 Å². The van der Waals surface area contributed by atoms with Crippen molar-refractivity contribution in [1.29, 1.82) is 0 Å². The van der Waals surface area contributed by atoms with E-state index in [0.717, 1.165) is 12.8 Å². The van der Waals surface area contributed by atoms with Crippen molar-refractivity contribution in [2.45, 2.75) is 18.8 Å². The Morgan fingerprint density at radius 2 is 2.29 bits per heavy atom. The maximum Gasteiger partial charge on any atom is 0.328 e. The van der Waals surface area contributed by atoms with Crippen LogP contribution in [0.1, 0.15) is 35.1 Å². The second kappa shape index (κ2) is 3.89. The molecule has 0 radical (unpaired) electrons. The molecule has 3 rings (SSSR count). The lowest BCUT2D eigenvalue weighted by molar-refractivity contribution is 0.0993. The molecule has 0 saturated heterocycles. The topological polar surface area (TPSA) is 81.2 Å². The van der Waals surface area contributed by atoms with Crippen molar-refractivity contribution >= 4 is 23.5 Å². The van der Waals surface area contributed by atoms with Gasteiger partial charge in [0, 0.05) is 5.92 Å². The van der Waals surface area contributed by atoms with Crippen LogP contribution >= 0.6 is 11.6 Å². The molecule has 1 amide bonds. The van der Waals surface area contributed by atoms with Gasteiger partial charge in [-0.2, -0.15) is 4.98 Å². The molecular formula is C10H8ClN3O3. The Hall–Kier alpha value is -1.82. The minimum absolute atomic E-state index is 0.0735. The van der Waals surface area contributed by atoms with Crippen molar-refractivity contribution in [2.24, 2.45) is 0 Å². The lowest BCUT2D eigenvalue weighted by Gasteiger charge is -1.94. The number of halogens is 1. The zero-order valence-corrected chi connectivity index (χ0v) is 9.40. The minimum atomic E-state index is -0.470. The predicted molar refractivity (Wildman–Crippen MR) is 57.9 cm³/mol. The molecule has 88 valence electrons. The fraction of sp³-hybridized carbons (Fsp3) is 0.300. The molecule has 1 saturated carbocycles. The summed E-state index contributed by atoms with van der Waals surface area (Å²) < 4.78 is 9.84. The molecule has 1 fully saturated rings. The fourth-order valence-corrected chi connectivity index (χ4v) is 1.53. The van der Waals surface area contributed by atoms with E-state index in [1.165, 1.54) is 12.1 Å². The predicted octanol–water partition coefficient (Wildman–Crippen LogP) is 2.45. The van der Waals surface area contributed by atoms with Crippen LogP contribution in [0.4, 0.5) is 6.01 Å². The first-order valence-corrected chi connectivity index (χ1v) is 5.50. The lowest BCUT2D eigenvalue weighted by Crippen LogP contribution is -2.11. The summed E-state index contributed by atoms with van der Waals surface area (Å²) in [4.78, 5) is 15.7. The number of carbonyl (C=O) groups is 1. The minimum Gasteiger partial charge on any atom is -0.440 e. The Labute approximate surface area is 101 Å². The summed E-state index contributed by atoms with van der Waals surface area (Å²) in [6.07, 6.45) is 2.14. The summed E-state index contributed by atoms with van der Waals surface area (Å²) in [7, 11) is 0. The van der Waals surface area contributed by atoms with Gasteiger partial charge in [0.1, 0.15) is 0 Å². The molecule has 2 aromatic rings. The molecule has 2 aromatic heterocycles. The van der Waals surface area contributed by atoms with Crippen LogP contribution in [0.5, 0.6) is 0 Å². The maximum absolute atomic E-state index is 11.6. The smallest absolute Gasteiger partial charge is 0.328 e. The standard InChI is InChI=1S/C10H8ClN3O3/c11-7-4-3-6(16-7)9(15)13-10-12-8(14-17-10)5-1-2-5/h3-5H,1-2H2,(H,12,13,14,15). The van der Waals surface area contributed by atoms with E-state index in [0.29, 0.717) is 11.7 Å². The van der Waals surface area contributed by atoms with Crippen molar-refractivity contribution in [3.63, 3.8) is 0 Å². The third-order valence-electron chi connectivity index (χ3n) is 2.40. The Kier molecular flexibility index (Phi) is 2.36. The van der Waals surface area contributed by atoms with Gasteiger partial charge in [0.05, 0.1) is 0 Å². The molecular weight excluding hydrogens is 246 g/mol. The second-order valence-corrected chi connectivity index (χ2v) is 4.16. The molecule has 1 aliphatic rings. The summed E-state index contributed by atoms with van der Waals surface area (Å²) >= 11 is 5.56. The second-order valence-electron chi connectivity index (χ2n) is 3.79. The van der Waals surface area contributed by atoms with Crippen LogP contribution in [-0.2, 0) is 0 Å². The third-order valence-corrected chi connectivity index (χ3v) is 2.60. The van der Waals surface area contributed by atoms with Crippen molar-refractivity contribution in [3.05, 3.63) is 28.9 Å². The summed E-state index contributed by atoms with van der Waals surface area (Å²) in [5.74, 6) is 0.643. The van der Waals surface area contributed by atoms with E-state index in [2.05, 4.69) is 15.5 Å². The summed E-state index contributed by atoms with van der Waals surface area (Å²) in [6, 6.07) is 3.03. The lowest BCUT2D eigenvalue weighted by atomic mass is 10.4. The van der Waals surface area contributed by atoms with E-state index in [1.54, 1.807) is 0 Å². The first-order valence-electron chi connectivity index (χ1n) is 5.12. The third kappa shape index (κ3) is 2.16. The van der Waals surface area contributed by atoms with Crippen LogP contribution in [0, 0.1) is 0 Å². The number of furan rings is 1. The maximum atomic E-state index is 11.6. The van der Waals surface area contributed by atoms with Crippen LogP contribution in [0.3, 0.4) is 0 Å². The van der Waals surface area contributed by atoms with Crippen molar-refractivity contribution in [3.8, 4) is 0 Å². The van der Waals surface area contributed by atoms with Crippen LogP contribution < -0.4 is 5.32 Å². The van der Waals surface area contributed by atoms with Gasteiger partial charge in [-0.1, -0.05) is 5.16 Å². The molecule has 2 heterocycles. The van der Waals surface area contributed by atoms with E-state index in [-0.39, 0.29) is 17.0 Å². The van der Waals surface area contributed by atoms with Gasteiger partial charge in [0.2, 0.25) is 0 Å². The highest BCUT2D eigenvalue weighted by molar-refractivity contribution is 6.29. The molecule has 17 heavy (non-hydrogen) atoms. The Bertz CT molecular complexity index is 559. The van der Waals surface area contributed by atoms with Gasteiger partial charge >= 0.3 is 6.01 Å². The van der Waals surface area contributed by atoms with Gasteiger partial charge in [-0.25, -0.2) is 0 Å². The number of nitrogens with one attached hydrogen (secondary N) is 1. The molecule has 0 unspecified atom stereocenters. The normalized spacial score (nSPS) is 14.9. The average Bonchev–Trinajstić information content (AvgIpc) is 2.90. The van der Waals surface area contributed by atoms with Crippen molar-refractivity contribution in [1.82, 2.24) is 10.1 Å². The number of hydrogen-bond donors (Lipinski definition) is 1. The molecule has 0 bridgehead atoms. The molecule has 0 spiro atoms. The largest absolute Gasteiger partial charge is 0.440 e. The van der Waals surface area contributed by atoms with Gasteiger partial charge < -0.3 is 8.94 Å². The number of nitrogens with zero attached hydrogens (tertiary/aromatic N) is 2. The first kappa shape index (κ1) is 10.3. The Balaban J connectivity index is 1.71. The van der Waals surface area contributed by atoms with Gasteiger partial charge in [-0.15, -0.1) is 0 Å². The van der Waals surface area contributed by atoms with E-state index in [4.69, 9.17) is 20.5 Å². The van der Waals surface area contributed by atoms with Crippen LogP contribution in [0.2, 0.25) is 5.22 Å². The zero-order valence-electron chi connectivity index (χ0n) is 8.64. The summed E-state index contributed by atoms with van der Waals surface area (Å²) in [6.45, 7) is 0. The number of rotatable bonds is 3. The highest BCUT2D eigenvalue weighted by Crippen LogP contribution is 2.38. The Morgan fingerprint density at radius 1 is 1.47 bits per heavy atom. The molecule has 1 aliphatic carbocycles. The number of amides is 1. The molecule has 1 N–H and O–H groups in total. The first-order chi connectivity index (χ1) is 8.22. The Morgan fingerprint density at radius 3 is 2.94 bits per heavy atom. The summed E-state index contributed by atoms with van der Waals surface area (Å²) in [5, 5.41) is 6.37. The molecule has 0 aromatic carbocycles. The number of anilines is 1. The van der Waals surface area contributed by atoms with E-state index in [1.807, 2.05) is 0 Å². The zero-order chi connectivity index (χ0) is 11.8. The average molecular weight is 254 g/mol. The molecule has 6 nitrogen and oxygen atoms in total. The fourth-order valence-electron chi connectivity index (χ4n) is 1.39. The van der Waals surface area contributed by atoms with Gasteiger partial charge in [0.15, 0.2) is 16.8 Å². The molecule has 0 aliphatic heterocycles. The quantitative estimate of drug-likeness (QED) is 0.909. The van der Waals surface area contributed by atoms with Crippen LogP contribution in [-0.4, -0.2) is 16.0 Å². The van der Waals surface area contributed by atoms with E-state index in [9.17, 15) is 4.79 Å². The van der Waals surface area contributed by atoms with E-state index >= 15 is 0 Å². The van der Waals surface area contributed by atoms with Crippen molar-refractivity contribution < 1.29 is 13.7 Å². The summed E-state index contributed by atoms with van der Waals surface area (Å²) in [5.41, 5.74) is 0. The molecule has 0 atom stereocenters. The highest BCUT2D eigenvalue weighted by atomic mass is 35.5. The van der Waals surface area contributed by atoms with E-state index < -0.39 is 5.91 Å². The molecule has 7 heteroatoms. The highest BCUT2D eigenvalue weighted by Gasteiger charge is 2.29. The van der Waals surface area contributed by atoms with Crippen LogP contribution in [0.15, 0.2) is 21.1 Å². The number of hydrogen-bond acceptors (Lipinski definition) is 5. The monoisotopic (exact) mass is 253 g/mol. The van der Waals surface area contributed by atoms with Gasteiger partial charge in [-0.05, 0) is 36.6 Å². The number of carbonyl (C=O) groups excluding carboxylic acids is 1. The van der Waals surface area contributed by atoms with Crippen molar-refractivity contribution in [2.75, 3.05) is 5.32 Å².